The molecule has 0 aliphatic carbocycles. The summed E-state index contributed by atoms with van der Waals surface area (Å²) in [4.78, 5) is 0. The molecule has 0 heteroatoms. The van der Waals surface area contributed by atoms with E-state index < -0.39 is 0 Å². The van der Waals surface area contributed by atoms with Crippen LogP contribution >= 0.6 is 0 Å². The molecule has 0 saturated heterocycles. The monoisotopic (exact) mass is 295 g/mol. The van der Waals surface area contributed by atoms with Gasteiger partial charge in [-0.15, -0.1) is 0 Å². The van der Waals surface area contributed by atoms with Gasteiger partial charge in [0.2, 0.25) is 0 Å². The fourth-order valence-electron chi connectivity index (χ4n) is 3.29. The van der Waals surface area contributed by atoms with Crippen LogP contribution in [0.25, 0.3) is 0 Å². The normalized spacial score (nSPS) is 12.7. The molecule has 0 N–H and O–H groups in total. The first kappa shape index (κ1) is 21.0. The lowest BCUT2D eigenvalue weighted by molar-refractivity contribution is 0.413. The van der Waals surface area contributed by atoms with Crippen LogP contribution in [0, 0.1) is 12.8 Å². The molecular formula is C21H43. The summed E-state index contributed by atoms with van der Waals surface area (Å²) < 4.78 is 0. The molecule has 0 spiro atoms. The Bertz CT molecular complexity index is 173. The van der Waals surface area contributed by atoms with E-state index in [4.69, 9.17) is 0 Å². The molecule has 0 aromatic heterocycles. The molecule has 0 aromatic rings. The third-order valence-corrected chi connectivity index (χ3v) is 4.91. The van der Waals surface area contributed by atoms with E-state index in [1.165, 1.54) is 103 Å². The highest BCUT2D eigenvalue weighted by atomic mass is 14.1. The highest BCUT2D eigenvalue weighted by Gasteiger charge is 2.04. The van der Waals surface area contributed by atoms with Crippen molar-refractivity contribution < 1.29 is 0 Å². The molecule has 1 radical (unpaired) electrons. The maximum Gasteiger partial charge on any atom is -0.0417 e. The van der Waals surface area contributed by atoms with E-state index in [2.05, 4.69) is 20.8 Å². The number of hydrogen-bond donors (Lipinski definition) is 0. The van der Waals surface area contributed by atoms with E-state index in [0.29, 0.717) is 0 Å². The van der Waals surface area contributed by atoms with Crippen LogP contribution in [0.4, 0.5) is 0 Å². The minimum absolute atomic E-state index is 0.954. The Balaban J connectivity index is 3.08. The summed E-state index contributed by atoms with van der Waals surface area (Å²) in [5.41, 5.74) is 0. The van der Waals surface area contributed by atoms with Crippen molar-refractivity contribution in [1.29, 1.82) is 0 Å². The van der Waals surface area contributed by atoms with Crippen LogP contribution in [0.2, 0.25) is 0 Å². The Labute approximate surface area is 136 Å². The van der Waals surface area contributed by atoms with Crippen molar-refractivity contribution in [3.63, 3.8) is 0 Å². The van der Waals surface area contributed by atoms with E-state index in [0.717, 1.165) is 12.3 Å². The topological polar surface area (TPSA) is 0 Å². The van der Waals surface area contributed by atoms with Gasteiger partial charge in [-0.05, 0) is 5.92 Å². The summed E-state index contributed by atoms with van der Waals surface area (Å²) >= 11 is 0. The Morgan fingerprint density at radius 2 is 1.00 bits per heavy atom. The molecule has 0 fully saturated rings. The molecule has 0 saturated carbocycles. The number of hydrogen-bond acceptors (Lipinski definition) is 0. The van der Waals surface area contributed by atoms with Crippen LogP contribution in [-0.4, -0.2) is 0 Å². The molecule has 0 bridgehead atoms. The predicted octanol–water partition coefficient (Wildman–Crippen LogP) is 8.11. The smallest absolute Gasteiger partial charge is 0.0417 e. The first-order valence-electron chi connectivity index (χ1n) is 10.1. The van der Waals surface area contributed by atoms with Crippen molar-refractivity contribution in [2.45, 2.75) is 123 Å². The third kappa shape index (κ3) is 16.2. The van der Waals surface area contributed by atoms with E-state index in [9.17, 15) is 0 Å². The van der Waals surface area contributed by atoms with Crippen molar-refractivity contribution >= 4 is 0 Å². The van der Waals surface area contributed by atoms with Crippen molar-refractivity contribution in [2.24, 2.45) is 5.92 Å². The standard InChI is InChI=1S/C21H43/c1-4-7-8-9-10-11-12-13-14-15-16-17-18-20-21(6-3)19-5-2/h21H,2,4-20H2,1,3H3. The van der Waals surface area contributed by atoms with Gasteiger partial charge in [-0.3, -0.25) is 0 Å². The zero-order valence-corrected chi connectivity index (χ0v) is 15.3. The summed E-state index contributed by atoms with van der Waals surface area (Å²) in [6.45, 7) is 8.62. The fraction of sp³-hybridized carbons (Fsp3) is 0.952. The van der Waals surface area contributed by atoms with Gasteiger partial charge in [0.25, 0.3) is 0 Å². The van der Waals surface area contributed by atoms with Crippen LogP contribution in [0.15, 0.2) is 0 Å². The highest BCUT2D eigenvalue weighted by Crippen LogP contribution is 2.19. The molecular weight excluding hydrogens is 252 g/mol. The van der Waals surface area contributed by atoms with E-state index in [-0.39, 0.29) is 0 Å². The molecule has 0 aliphatic heterocycles. The van der Waals surface area contributed by atoms with Crippen molar-refractivity contribution in [3.8, 4) is 0 Å². The van der Waals surface area contributed by atoms with Gasteiger partial charge in [-0.1, -0.05) is 130 Å². The molecule has 0 aromatic carbocycles. The molecule has 127 valence electrons. The Morgan fingerprint density at radius 1 is 0.571 bits per heavy atom. The van der Waals surface area contributed by atoms with Gasteiger partial charge in [0.1, 0.15) is 0 Å². The zero-order chi connectivity index (χ0) is 15.6. The molecule has 0 heterocycles. The lowest BCUT2D eigenvalue weighted by Gasteiger charge is -2.12. The molecule has 0 rings (SSSR count). The van der Waals surface area contributed by atoms with Crippen LogP contribution in [0.1, 0.15) is 123 Å². The van der Waals surface area contributed by atoms with E-state index in [1.54, 1.807) is 0 Å². The summed E-state index contributed by atoms with van der Waals surface area (Å²) in [6, 6.07) is 0. The molecule has 0 nitrogen and oxygen atoms in total. The Morgan fingerprint density at radius 3 is 1.38 bits per heavy atom. The van der Waals surface area contributed by atoms with Gasteiger partial charge in [-0.2, -0.15) is 0 Å². The number of rotatable bonds is 17. The fourth-order valence-corrected chi connectivity index (χ4v) is 3.29. The van der Waals surface area contributed by atoms with E-state index in [1.807, 2.05) is 0 Å². The molecule has 1 atom stereocenters. The Hall–Kier alpha value is 0. The average molecular weight is 296 g/mol. The third-order valence-electron chi connectivity index (χ3n) is 4.91. The lowest BCUT2D eigenvalue weighted by Crippen LogP contribution is -1.98. The average Bonchev–Trinajstić information content (AvgIpc) is 2.50. The van der Waals surface area contributed by atoms with Gasteiger partial charge in [0, 0.05) is 0 Å². The molecule has 21 heavy (non-hydrogen) atoms. The van der Waals surface area contributed by atoms with E-state index >= 15 is 0 Å². The molecule has 0 amide bonds. The summed E-state index contributed by atoms with van der Waals surface area (Å²) in [7, 11) is 0. The first-order valence-corrected chi connectivity index (χ1v) is 10.1. The van der Waals surface area contributed by atoms with Gasteiger partial charge in [0.05, 0.1) is 0 Å². The first-order chi connectivity index (χ1) is 10.3. The maximum atomic E-state index is 3.99. The lowest BCUT2D eigenvalue weighted by atomic mass is 9.94. The van der Waals surface area contributed by atoms with Gasteiger partial charge in [0.15, 0.2) is 0 Å². The van der Waals surface area contributed by atoms with Crippen molar-refractivity contribution in [2.75, 3.05) is 0 Å². The minimum Gasteiger partial charge on any atom is -0.0654 e. The SMILES string of the molecule is [CH2]CCC(CC)CCCCCCCCCCCCCCC. The second kappa shape index (κ2) is 18.1. The zero-order valence-electron chi connectivity index (χ0n) is 15.3. The quantitative estimate of drug-likeness (QED) is 0.238. The molecule has 0 aliphatic rings. The van der Waals surface area contributed by atoms with Crippen LogP contribution < -0.4 is 0 Å². The highest BCUT2D eigenvalue weighted by molar-refractivity contribution is 4.59. The predicted molar refractivity (Wildman–Crippen MR) is 98.7 cm³/mol. The van der Waals surface area contributed by atoms with Crippen LogP contribution in [-0.2, 0) is 0 Å². The van der Waals surface area contributed by atoms with Gasteiger partial charge < -0.3 is 0 Å². The summed E-state index contributed by atoms with van der Waals surface area (Å²) in [5.74, 6) is 0.954. The van der Waals surface area contributed by atoms with Crippen molar-refractivity contribution in [1.82, 2.24) is 0 Å². The van der Waals surface area contributed by atoms with Crippen molar-refractivity contribution in [3.05, 3.63) is 6.92 Å². The Kier molecular flexibility index (Phi) is 18.1. The second-order valence-electron chi connectivity index (χ2n) is 6.95. The van der Waals surface area contributed by atoms with Gasteiger partial charge in [-0.25, -0.2) is 0 Å². The molecule has 1 unspecified atom stereocenters. The van der Waals surface area contributed by atoms with Gasteiger partial charge >= 0.3 is 0 Å². The second-order valence-corrected chi connectivity index (χ2v) is 6.95. The summed E-state index contributed by atoms with van der Waals surface area (Å²) in [6.07, 6.45) is 24.3. The van der Waals surface area contributed by atoms with Crippen LogP contribution in [0.5, 0.6) is 0 Å². The van der Waals surface area contributed by atoms with Crippen LogP contribution in [0.3, 0.4) is 0 Å². The largest absolute Gasteiger partial charge is 0.0654 e. The minimum atomic E-state index is 0.954. The maximum absolute atomic E-state index is 3.99. The number of unbranched alkanes of at least 4 members (excludes halogenated alkanes) is 12. The summed E-state index contributed by atoms with van der Waals surface area (Å²) in [5, 5.41) is 0.